The van der Waals surface area contributed by atoms with Crippen molar-refractivity contribution in [3.05, 3.63) is 35.4 Å². The Hall–Kier alpha value is -1.04. The molecule has 1 amide bonds. The number of hydrogen-bond acceptors (Lipinski definition) is 4. The minimum Gasteiger partial charge on any atom is -0.368 e. The van der Waals surface area contributed by atoms with E-state index < -0.39 is 0 Å². The number of carbonyl (C=O) groups excluding carboxylic acids is 1. The lowest BCUT2D eigenvalue weighted by Gasteiger charge is -2.39. The lowest BCUT2D eigenvalue weighted by molar-refractivity contribution is -0.126. The van der Waals surface area contributed by atoms with E-state index >= 15 is 0 Å². The summed E-state index contributed by atoms with van der Waals surface area (Å²) in [7, 11) is 0. The van der Waals surface area contributed by atoms with Crippen molar-refractivity contribution >= 4 is 18.5 Å². The van der Waals surface area contributed by atoms with Crippen molar-refractivity contribution in [3.8, 4) is 0 Å². The number of amides is 1. The highest BCUT2D eigenvalue weighted by atomic mass is 32.1. The molecular weight excluding hydrogens is 330 g/mol. The first-order valence-electron chi connectivity index (χ1n) is 9.52. The zero-order chi connectivity index (χ0) is 18.0. The standard InChI is InChI=1S/C20H31N3OS/c1-3-13(2)19(20(21)24)23(12-16-10-18(25)11-22-16)17-8-14-6-4-5-7-15(14)9-17/h4-7,13,16-19,22,25H,3,8-12H2,1-2H3,(H2,21,24)/t13-,16-,18-,19-/m0/s1. The van der Waals surface area contributed by atoms with Gasteiger partial charge in [0, 0.05) is 30.4 Å². The number of rotatable bonds is 7. The lowest BCUT2D eigenvalue weighted by atomic mass is 9.94. The van der Waals surface area contributed by atoms with Crippen LogP contribution in [0.4, 0.5) is 0 Å². The molecule has 3 N–H and O–H groups in total. The van der Waals surface area contributed by atoms with Gasteiger partial charge in [-0.2, -0.15) is 12.6 Å². The van der Waals surface area contributed by atoms with Crippen LogP contribution in [0.25, 0.3) is 0 Å². The van der Waals surface area contributed by atoms with Gasteiger partial charge in [-0.3, -0.25) is 9.69 Å². The number of primary amides is 1. The molecule has 2 aliphatic rings. The van der Waals surface area contributed by atoms with Crippen molar-refractivity contribution in [2.45, 2.75) is 62.9 Å². The summed E-state index contributed by atoms with van der Waals surface area (Å²) in [5, 5.41) is 3.97. The highest BCUT2D eigenvalue weighted by Gasteiger charge is 2.38. The van der Waals surface area contributed by atoms with Crippen LogP contribution in [0.15, 0.2) is 24.3 Å². The molecule has 1 aromatic rings. The summed E-state index contributed by atoms with van der Waals surface area (Å²) >= 11 is 4.60. The second kappa shape index (κ2) is 8.11. The molecular formula is C20H31N3OS. The molecule has 4 nitrogen and oxygen atoms in total. The van der Waals surface area contributed by atoms with Crippen molar-refractivity contribution in [2.75, 3.05) is 13.1 Å². The Kier molecular flexibility index (Phi) is 6.08. The summed E-state index contributed by atoms with van der Waals surface area (Å²) in [6, 6.07) is 9.18. The van der Waals surface area contributed by atoms with Crippen LogP contribution in [0.2, 0.25) is 0 Å². The fourth-order valence-corrected chi connectivity index (χ4v) is 4.81. The average Bonchev–Trinajstić information content (AvgIpc) is 3.19. The first kappa shape index (κ1) is 18.7. The number of nitrogens with two attached hydrogens (primary N) is 1. The van der Waals surface area contributed by atoms with Gasteiger partial charge in [0.1, 0.15) is 0 Å². The fourth-order valence-electron chi connectivity index (χ4n) is 4.45. The number of nitrogens with zero attached hydrogens (tertiary/aromatic N) is 1. The average molecular weight is 362 g/mol. The van der Waals surface area contributed by atoms with Crippen molar-refractivity contribution in [1.29, 1.82) is 0 Å². The zero-order valence-corrected chi connectivity index (χ0v) is 16.2. The molecule has 0 radical (unpaired) electrons. The van der Waals surface area contributed by atoms with Gasteiger partial charge < -0.3 is 11.1 Å². The minimum atomic E-state index is -0.204. The summed E-state index contributed by atoms with van der Waals surface area (Å²) in [6.45, 7) is 6.10. The van der Waals surface area contributed by atoms with Gasteiger partial charge in [-0.1, -0.05) is 44.5 Å². The molecule has 0 bridgehead atoms. The van der Waals surface area contributed by atoms with E-state index in [9.17, 15) is 4.79 Å². The monoisotopic (exact) mass is 361 g/mol. The molecule has 4 atom stereocenters. The van der Waals surface area contributed by atoms with Crippen LogP contribution < -0.4 is 11.1 Å². The Morgan fingerprint density at radius 1 is 1.36 bits per heavy atom. The number of thiol groups is 1. The van der Waals surface area contributed by atoms with Crippen molar-refractivity contribution in [1.82, 2.24) is 10.2 Å². The van der Waals surface area contributed by atoms with E-state index in [1.54, 1.807) is 0 Å². The Morgan fingerprint density at radius 3 is 2.48 bits per heavy atom. The zero-order valence-electron chi connectivity index (χ0n) is 15.3. The maximum atomic E-state index is 12.4. The Labute approximate surface area is 156 Å². The van der Waals surface area contributed by atoms with Crippen LogP contribution in [0.1, 0.15) is 37.8 Å². The summed E-state index contributed by atoms with van der Waals surface area (Å²) < 4.78 is 0. The van der Waals surface area contributed by atoms with Crippen LogP contribution >= 0.6 is 12.6 Å². The van der Waals surface area contributed by atoms with Crippen LogP contribution in [-0.4, -0.2) is 47.3 Å². The molecule has 1 aliphatic carbocycles. The molecule has 1 aliphatic heterocycles. The SMILES string of the molecule is CC[C@H](C)[C@@H](C(N)=O)N(C[C@@H]1C[C@H](S)CN1)C1Cc2ccccc2C1. The molecule has 1 fully saturated rings. The summed E-state index contributed by atoms with van der Waals surface area (Å²) in [4.78, 5) is 14.8. The molecule has 0 unspecified atom stereocenters. The van der Waals surface area contributed by atoms with Crippen LogP contribution in [0, 0.1) is 5.92 Å². The van der Waals surface area contributed by atoms with E-state index in [0.29, 0.717) is 17.3 Å². The van der Waals surface area contributed by atoms with E-state index in [1.165, 1.54) is 11.1 Å². The third-order valence-electron chi connectivity index (χ3n) is 5.96. The summed E-state index contributed by atoms with van der Waals surface area (Å²) in [5.74, 6) is 0.0696. The second-order valence-electron chi connectivity index (χ2n) is 7.76. The largest absolute Gasteiger partial charge is 0.368 e. The van der Waals surface area contributed by atoms with Gasteiger partial charge in [-0.15, -0.1) is 0 Å². The molecule has 0 aromatic heterocycles. The normalized spacial score (nSPS) is 25.9. The van der Waals surface area contributed by atoms with Gasteiger partial charge in [0.05, 0.1) is 6.04 Å². The predicted molar refractivity (Wildman–Crippen MR) is 106 cm³/mol. The number of carbonyl (C=O) groups is 1. The first-order valence-corrected chi connectivity index (χ1v) is 10.0. The molecule has 1 heterocycles. The van der Waals surface area contributed by atoms with E-state index in [1.807, 2.05) is 0 Å². The van der Waals surface area contributed by atoms with Crippen LogP contribution in [0.3, 0.4) is 0 Å². The van der Waals surface area contributed by atoms with E-state index in [4.69, 9.17) is 5.73 Å². The molecule has 1 aromatic carbocycles. The molecule has 0 saturated carbocycles. The van der Waals surface area contributed by atoms with Crippen molar-refractivity contribution in [2.24, 2.45) is 11.7 Å². The molecule has 138 valence electrons. The summed E-state index contributed by atoms with van der Waals surface area (Å²) in [5.41, 5.74) is 8.70. The Morgan fingerprint density at radius 2 is 2.00 bits per heavy atom. The lowest BCUT2D eigenvalue weighted by Crippen LogP contribution is -2.56. The second-order valence-corrected chi connectivity index (χ2v) is 8.49. The Bertz CT molecular complexity index is 583. The van der Waals surface area contributed by atoms with Crippen molar-refractivity contribution < 1.29 is 4.79 Å². The number of benzene rings is 1. The highest BCUT2D eigenvalue weighted by molar-refractivity contribution is 7.81. The molecule has 25 heavy (non-hydrogen) atoms. The smallest absolute Gasteiger partial charge is 0.235 e. The van der Waals surface area contributed by atoms with E-state index in [2.05, 4.69) is 61.0 Å². The van der Waals surface area contributed by atoms with Crippen LogP contribution in [0.5, 0.6) is 0 Å². The molecule has 1 saturated heterocycles. The molecule has 5 heteroatoms. The van der Waals surface area contributed by atoms with E-state index in [0.717, 1.165) is 38.8 Å². The van der Waals surface area contributed by atoms with Gasteiger partial charge in [-0.05, 0) is 36.3 Å². The fraction of sp³-hybridized carbons (Fsp3) is 0.650. The highest BCUT2D eigenvalue weighted by Crippen LogP contribution is 2.30. The maximum Gasteiger partial charge on any atom is 0.235 e. The topological polar surface area (TPSA) is 58.4 Å². The quantitative estimate of drug-likeness (QED) is 0.651. The number of fused-ring (bicyclic) bond motifs is 1. The Balaban J connectivity index is 1.82. The summed E-state index contributed by atoms with van der Waals surface area (Å²) in [6.07, 6.45) is 4.02. The van der Waals surface area contributed by atoms with Gasteiger partial charge in [0.15, 0.2) is 0 Å². The molecule has 3 rings (SSSR count). The third kappa shape index (κ3) is 4.21. The van der Waals surface area contributed by atoms with Gasteiger partial charge in [0.2, 0.25) is 5.91 Å². The third-order valence-corrected chi connectivity index (χ3v) is 6.35. The predicted octanol–water partition coefficient (Wildman–Crippen LogP) is 2.02. The van der Waals surface area contributed by atoms with Crippen LogP contribution in [-0.2, 0) is 17.6 Å². The molecule has 0 spiro atoms. The minimum absolute atomic E-state index is 0.189. The van der Waals surface area contributed by atoms with Gasteiger partial charge in [0.25, 0.3) is 0 Å². The first-order chi connectivity index (χ1) is 12.0. The van der Waals surface area contributed by atoms with Gasteiger partial charge >= 0.3 is 0 Å². The van der Waals surface area contributed by atoms with Crippen molar-refractivity contribution in [3.63, 3.8) is 0 Å². The van der Waals surface area contributed by atoms with Gasteiger partial charge in [-0.25, -0.2) is 0 Å². The van der Waals surface area contributed by atoms with E-state index in [-0.39, 0.29) is 17.9 Å². The number of hydrogen-bond donors (Lipinski definition) is 3. The number of nitrogens with one attached hydrogen (secondary N) is 1. The maximum absolute atomic E-state index is 12.4.